The molecule has 15 heteroatoms. The Kier molecular flexibility index (Phi) is 16.2. The normalized spacial score (nSPS) is 15.7. The maximum Gasteiger partial charge on any atom is 0.329 e. The molecule has 0 heterocycles. The van der Waals surface area contributed by atoms with Gasteiger partial charge in [-0.05, 0) is 66.9 Å². The zero-order valence-electron chi connectivity index (χ0n) is 30.2. The van der Waals surface area contributed by atoms with E-state index in [0.717, 1.165) is 0 Å². The molecule has 49 heavy (non-hydrogen) atoms. The van der Waals surface area contributed by atoms with Crippen molar-refractivity contribution in [3.8, 4) is 0 Å². The fraction of sp³-hybridized carbons (Fsp3) is 0.618. The van der Waals surface area contributed by atoms with Crippen LogP contribution < -0.4 is 27.0 Å². The van der Waals surface area contributed by atoms with E-state index in [2.05, 4.69) is 21.3 Å². The number of ether oxygens (including phenoxy) is 2. The first-order valence-electron chi connectivity index (χ1n) is 16.3. The van der Waals surface area contributed by atoms with Crippen molar-refractivity contribution in [1.82, 2.24) is 21.3 Å². The molecule has 0 bridgehead atoms. The average Bonchev–Trinajstić information content (AvgIpc) is 3.00. The molecule has 0 spiro atoms. The lowest BCUT2D eigenvalue weighted by molar-refractivity contribution is -0.478. The van der Waals surface area contributed by atoms with E-state index < -0.39 is 83.4 Å². The lowest BCUT2D eigenvalue weighted by Crippen LogP contribution is -2.59. The molecule has 0 radical (unpaired) electrons. The Balaban J connectivity index is 3.26. The van der Waals surface area contributed by atoms with Crippen molar-refractivity contribution in [2.75, 3.05) is 0 Å². The van der Waals surface area contributed by atoms with Crippen LogP contribution in [-0.4, -0.2) is 88.1 Å². The number of nitrogens with zero attached hydrogens (tertiary/aromatic N) is 1. The molecule has 0 saturated carbocycles. The van der Waals surface area contributed by atoms with Crippen LogP contribution in [0.3, 0.4) is 0 Å². The SMILES string of the molecule is CCC(C)[C@H](NC(=O)[C@H](CC(=O)OC(C)(C)C)NC(=O)[C@H](C)NC(=O)[C@H](Cc1ccccc1)NC(=O)[C@H](C)[N+]([O-])=CN)C(=O)OC(C)(C)C. The van der Waals surface area contributed by atoms with E-state index in [1.54, 1.807) is 78.8 Å². The molecule has 1 unspecified atom stereocenters. The van der Waals surface area contributed by atoms with Crippen LogP contribution in [-0.2, 0) is 44.7 Å². The molecule has 0 saturated heterocycles. The topological polar surface area (TPSA) is 221 Å². The van der Waals surface area contributed by atoms with Crippen LogP contribution in [0.5, 0.6) is 0 Å². The van der Waals surface area contributed by atoms with E-state index in [1.165, 1.54) is 13.8 Å². The fourth-order valence-corrected chi connectivity index (χ4v) is 4.32. The van der Waals surface area contributed by atoms with Gasteiger partial charge in [0.15, 0.2) is 6.04 Å². The summed E-state index contributed by atoms with van der Waals surface area (Å²) in [6, 6.07) is 2.46. The van der Waals surface area contributed by atoms with Gasteiger partial charge in [-0.2, -0.15) is 0 Å². The van der Waals surface area contributed by atoms with Crippen LogP contribution in [0.15, 0.2) is 30.3 Å². The zero-order valence-corrected chi connectivity index (χ0v) is 30.2. The largest absolute Gasteiger partial charge is 0.715 e. The summed E-state index contributed by atoms with van der Waals surface area (Å²) in [5.41, 5.74) is 4.20. The molecule has 0 aliphatic heterocycles. The van der Waals surface area contributed by atoms with Gasteiger partial charge < -0.3 is 35.9 Å². The maximum atomic E-state index is 13.6. The summed E-state index contributed by atoms with van der Waals surface area (Å²) in [6.07, 6.45) is 0.639. The molecular formula is C34H54N6O9. The molecule has 15 nitrogen and oxygen atoms in total. The van der Waals surface area contributed by atoms with E-state index >= 15 is 0 Å². The molecule has 274 valence electrons. The quantitative estimate of drug-likeness (QED) is 0.0416. The van der Waals surface area contributed by atoms with E-state index in [-0.39, 0.29) is 17.1 Å². The summed E-state index contributed by atoms with van der Waals surface area (Å²) >= 11 is 0. The van der Waals surface area contributed by atoms with E-state index in [9.17, 15) is 34.0 Å². The van der Waals surface area contributed by atoms with Gasteiger partial charge in [0.1, 0.15) is 35.4 Å². The minimum absolute atomic E-state index is 0.0238. The Morgan fingerprint density at radius 2 is 1.33 bits per heavy atom. The maximum absolute atomic E-state index is 13.6. The standard InChI is InChI=1S/C34H54N6O9/c1-11-20(2)27(32(46)49-34(8,9)10)39-31(45)25(18-26(41)48-33(5,6)7)37-28(42)21(3)36-30(44)24(17-23-15-13-12-14-16-23)38-29(43)22(4)40(47)19-35/h12-16,19-22,24-25,27H,11,17-18,35H2,1-10H3,(H,36,44)(H,37,42)(H,38,43)(H,39,45)/t20?,21-,22-,24-,25-,27-/m0/s1. The van der Waals surface area contributed by atoms with Gasteiger partial charge in [0.25, 0.3) is 5.91 Å². The Hall–Kier alpha value is -4.69. The predicted molar refractivity (Wildman–Crippen MR) is 183 cm³/mol. The fourth-order valence-electron chi connectivity index (χ4n) is 4.32. The van der Waals surface area contributed by atoms with Crippen LogP contribution in [0.1, 0.15) is 87.6 Å². The summed E-state index contributed by atoms with van der Waals surface area (Å²) in [5, 5.41) is 22.1. The van der Waals surface area contributed by atoms with Crippen molar-refractivity contribution >= 4 is 41.9 Å². The van der Waals surface area contributed by atoms with Crippen molar-refractivity contribution < 1.29 is 43.0 Å². The predicted octanol–water partition coefficient (Wildman–Crippen LogP) is 1.19. The average molecular weight is 691 g/mol. The minimum atomic E-state index is -1.49. The van der Waals surface area contributed by atoms with Crippen molar-refractivity contribution in [3.63, 3.8) is 0 Å². The summed E-state index contributed by atoms with van der Waals surface area (Å²) in [7, 11) is 0. The molecule has 4 amide bonds. The van der Waals surface area contributed by atoms with Crippen LogP contribution in [0.4, 0.5) is 0 Å². The Morgan fingerprint density at radius 3 is 1.84 bits per heavy atom. The van der Waals surface area contributed by atoms with Crippen LogP contribution in [0, 0.1) is 11.1 Å². The van der Waals surface area contributed by atoms with Crippen molar-refractivity contribution in [2.45, 2.75) is 130 Å². The zero-order chi connectivity index (χ0) is 37.7. The smallest absolute Gasteiger partial charge is 0.329 e. The third-order valence-corrected chi connectivity index (χ3v) is 7.17. The van der Waals surface area contributed by atoms with Gasteiger partial charge in [-0.15, -0.1) is 0 Å². The highest BCUT2D eigenvalue weighted by atomic mass is 16.6. The molecule has 0 aromatic heterocycles. The Bertz CT molecular complexity index is 1340. The van der Waals surface area contributed by atoms with Gasteiger partial charge in [-0.25, -0.2) is 4.79 Å². The van der Waals surface area contributed by atoms with Gasteiger partial charge in [-0.3, -0.25) is 34.4 Å². The van der Waals surface area contributed by atoms with E-state index in [0.29, 0.717) is 18.3 Å². The highest BCUT2D eigenvalue weighted by Crippen LogP contribution is 2.16. The van der Waals surface area contributed by atoms with Gasteiger partial charge in [0, 0.05) is 6.42 Å². The summed E-state index contributed by atoms with van der Waals surface area (Å²) in [4.78, 5) is 79.0. The number of amides is 4. The lowest BCUT2D eigenvalue weighted by atomic mass is 9.98. The number of nitrogens with one attached hydrogen (secondary N) is 4. The first kappa shape index (κ1) is 42.3. The number of nitrogens with two attached hydrogens (primary N) is 1. The monoisotopic (exact) mass is 690 g/mol. The van der Waals surface area contributed by atoms with Gasteiger partial charge in [-0.1, -0.05) is 50.6 Å². The molecule has 0 aliphatic rings. The van der Waals surface area contributed by atoms with E-state index in [1.807, 2.05) is 6.92 Å². The molecule has 0 aliphatic carbocycles. The Labute approximate surface area is 288 Å². The second-order valence-corrected chi connectivity index (χ2v) is 13.9. The molecule has 1 rings (SSSR count). The van der Waals surface area contributed by atoms with Crippen LogP contribution in [0.25, 0.3) is 0 Å². The molecule has 6 N–H and O–H groups in total. The van der Waals surface area contributed by atoms with E-state index in [4.69, 9.17) is 15.2 Å². The number of carbonyl (C=O) groups is 6. The third kappa shape index (κ3) is 15.4. The van der Waals surface area contributed by atoms with Crippen molar-refractivity contribution in [2.24, 2.45) is 11.7 Å². The first-order chi connectivity index (χ1) is 22.6. The van der Waals surface area contributed by atoms with Crippen molar-refractivity contribution in [1.29, 1.82) is 0 Å². The number of hydrogen-bond donors (Lipinski definition) is 5. The number of esters is 2. The second kappa shape index (κ2) is 18.7. The molecule has 1 aromatic carbocycles. The van der Waals surface area contributed by atoms with Crippen LogP contribution >= 0.6 is 0 Å². The number of hydrogen-bond acceptors (Lipinski definition) is 9. The van der Waals surface area contributed by atoms with Crippen LogP contribution in [0.2, 0.25) is 0 Å². The van der Waals surface area contributed by atoms with Gasteiger partial charge in [0.05, 0.1) is 6.42 Å². The highest BCUT2D eigenvalue weighted by molar-refractivity contribution is 5.96. The summed E-state index contributed by atoms with van der Waals surface area (Å²) < 4.78 is 11.1. The molecular weight excluding hydrogens is 636 g/mol. The molecule has 1 aromatic rings. The lowest BCUT2D eigenvalue weighted by Gasteiger charge is -2.29. The summed E-state index contributed by atoms with van der Waals surface area (Å²) in [5.74, 6) is -5.03. The third-order valence-electron chi connectivity index (χ3n) is 7.17. The number of benzene rings is 1. The molecule has 6 atom stereocenters. The number of carbonyl (C=O) groups excluding carboxylic acids is 6. The minimum Gasteiger partial charge on any atom is -0.715 e. The molecule has 0 fully saturated rings. The summed E-state index contributed by atoms with van der Waals surface area (Å²) in [6.45, 7) is 16.3. The highest BCUT2D eigenvalue weighted by Gasteiger charge is 2.35. The first-order valence-corrected chi connectivity index (χ1v) is 16.3. The van der Waals surface area contributed by atoms with Gasteiger partial charge >= 0.3 is 11.9 Å². The second-order valence-electron chi connectivity index (χ2n) is 13.9. The number of hydroxylamine groups is 1. The Morgan fingerprint density at radius 1 is 0.796 bits per heavy atom. The number of rotatable bonds is 16. The van der Waals surface area contributed by atoms with Crippen molar-refractivity contribution in [3.05, 3.63) is 41.1 Å². The van der Waals surface area contributed by atoms with Gasteiger partial charge in [0.2, 0.25) is 24.1 Å².